The summed E-state index contributed by atoms with van der Waals surface area (Å²) in [4.78, 5) is 27.0. The molecule has 0 saturated heterocycles. The summed E-state index contributed by atoms with van der Waals surface area (Å²) in [5, 5.41) is 7.30. The van der Waals surface area contributed by atoms with E-state index >= 15 is 0 Å². The van der Waals surface area contributed by atoms with Crippen LogP contribution in [0.25, 0.3) is 0 Å². The predicted molar refractivity (Wildman–Crippen MR) is 109 cm³/mol. The molecule has 158 valence electrons. The Bertz CT molecular complexity index is 688. The van der Waals surface area contributed by atoms with Crippen molar-refractivity contribution >= 4 is 12.0 Å². The monoisotopic (exact) mass is 392 g/mol. The lowest BCUT2D eigenvalue weighted by Crippen LogP contribution is -2.40. The van der Waals surface area contributed by atoms with Crippen LogP contribution < -0.4 is 5.32 Å². The Hall–Kier alpha value is -2.05. The molecule has 0 radical (unpaired) electrons. The third kappa shape index (κ3) is 5.97. The molecule has 0 saturated carbocycles. The summed E-state index contributed by atoms with van der Waals surface area (Å²) in [7, 11) is 0. The molecule has 0 fully saturated rings. The zero-order valence-corrected chi connectivity index (χ0v) is 18.4. The maximum Gasteiger partial charge on any atom is 0.407 e. The SMILES string of the molecule is CC(C)CN(C(=O)c1cnn2c1CC(CNC(=O)OC(C)(C)C)CC2)C(C)C. The highest BCUT2D eigenvalue weighted by molar-refractivity contribution is 5.95. The molecule has 2 amide bonds. The van der Waals surface area contributed by atoms with Crippen LogP contribution in [0, 0.1) is 11.8 Å². The van der Waals surface area contributed by atoms with E-state index in [0.29, 0.717) is 18.0 Å². The fraction of sp³-hybridized carbons (Fsp3) is 0.762. The van der Waals surface area contributed by atoms with Crippen LogP contribution >= 0.6 is 0 Å². The maximum absolute atomic E-state index is 13.2. The van der Waals surface area contributed by atoms with Crippen LogP contribution in [0.5, 0.6) is 0 Å². The summed E-state index contributed by atoms with van der Waals surface area (Å²) in [5.41, 5.74) is 1.16. The van der Waals surface area contributed by atoms with Gasteiger partial charge in [-0.2, -0.15) is 5.10 Å². The number of ether oxygens (including phenoxy) is 1. The van der Waals surface area contributed by atoms with Gasteiger partial charge in [0.15, 0.2) is 0 Å². The molecule has 7 nitrogen and oxygen atoms in total. The third-order valence-electron chi connectivity index (χ3n) is 4.79. The molecule has 0 aliphatic carbocycles. The molecular formula is C21H36N4O3. The van der Waals surface area contributed by atoms with Crippen LogP contribution in [0.2, 0.25) is 0 Å². The number of nitrogens with one attached hydrogen (secondary N) is 1. The molecule has 2 heterocycles. The molecule has 28 heavy (non-hydrogen) atoms. The Morgan fingerprint density at radius 2 is 2.00 bits per heavy atom. The van der Waals surface area contributed by atoms with Crippen molar-refractivity contribution in [2.24, 2.45) is 11.8 Å². The average Bonchev–Trinajstić information content (AvgIpc) is 2.98. The first kappa shape index (κ1) is 22.2. The summed E-state index contributed by atoms with van der Waals surface area (Å²) >= 11 is 0. The molecular weight excluding hydrogens is 356 g/mol. The quantitative estimate of drug-likeness (QED) is 0.804. The van der Waals surface area contributed by atoms with Gasteiger partial charge in [0.05, 0.1) is 17.5 Å². The smallest absolute Gasteiger partial charge is 0.407 e. The van der Waals surface area contributed by atoms with E-state index in [1.807, 2.05) is 44.2 Å². The number of amides is 2. The second-order valence-corrected chi connectivity index (χ2v) is 9.41. The van der Waals surface area contributed by atoms with Crippen LogP contribution in [-0.2, 0) is 17.7 Å². The van der Waals surface area contributed by atoms with Gasteiger partial charge in [0, 0.05) is 25.7 Å². The van der Waals surface area contributed by atoms with Crippen molar-refractivity contribution in [2.75, 3.05) is 13.1 Å². The van der Waals surface area contributed by atoms with Gasteiger partial charge in [0.1, 0.15) is 5.60 Å². The number of rotatable bonds is 6. The number of aromatic nitrogens is 2. The molecule has 0 bridgehead atoms. The van der Waals surface area contributed by atoms with E-state index in [1.165, 1.54) is 0 Å². The maximum atomic E-state index is 13.2. The van der Waals surface area contributed by atoms with Gasteiger partial charge >= 0.3 is 6.09 Å². The number of aryl methyl sites for hydroxylation is 1. The highest BCUT2D eigenvalue weighted by Gasteiger charge is 2.29. The topological polar surface area (TPSA) is 76.5 Å². The number of carbonyl (C=O) groups is 2. The van der Waals surface area contributed by atoms with Crippen LogP contribution in [0.15, 0.2) is 6.20 Å². The Balaban J connectivity index is 2.05. The van der Waals surface area contributed by atoms with Crippen molar-refractivity contribution in [3.63, 3.8) is 0 Å². The third-order valence-corrected chi connectivity index (χ3v) is 4.79. The summed E-state index contributed by atoms with van der Waals surface area (Å²) in [6.45, 7) is 15.9. The molecule has 0 aromatic carbocycles. The normalized spacial score (nSPS) is 16.8. The fourth-order valence-corrected chi connectivity index (χ4v) is 3.47. The van der Waals surface area contributed by atoms with Gasteiger partial charge in [-0.15, -0.1) is 0 Å². The Kier molecular flexibility index (Phi) is 7.12. The minimum Gasteiger partial charge on any atom is -0.444 e. The summed E-state index contributed by atoms with van der Waals surface area (Å²) in [5.74, 6) is 0.718. The van der Waals surface area contributed by atoms with Crippen molar-refractivity contribution in [1.82, 2.24) is 20.0 Å². The molecule has 1 aliphatic heterocycles. The van der Waals surface area contributed by atoms with Crippen molar-refractivity contribution < 1.29 is 14.3 Å². The lowest BCUT2D eigenvalue weighted by Gasteiger charge is -2.30. The van der Waals surface area contributed by atoms with Gasteiger partial charge in [-0.05, 0) is 59.3 Å². The molecule has 1 N–H and O–H groups in total. The number of alkyl carbamates (subject to hydrolysis) is 1. The highest BCUT2D eigenvalue weighted by atomic mass is 16.6. The highest BCUT2D eigenvalue weighted by Crippen LogP contribution is 2.24. The minimum absolute atomic E-state index is 0.0469. The van der Waals surface area contributed by atoms with Crippen molar-refractivity contribution in [1.29, 1.82) is 0 Å². The largest absolute Gasteiger partial charge is 0.444 e. The lowest BCUT2D eigenvalue weighted by atomic mass is 9.94. The van der Waals surface area contributed by atoms with Gasteiger partial charge in [-0.1, -0.05) is 13.8 Å². The molecule has 1 unspecified atom stereocenters. The van der Waals surface area contributed by atoms with Crippen LogP contribution in [-0.4, -0.2) is 51.4 Å². The predicted octanol–water partition coefficient (Wildman–Crippen LogP) is 3.48. The fourth-order valence-electron chi connectivity index (χ4n) is 3.47. The van der Waals surface area contributed by atoms with E-state index in [2.05, 4.69) is 24.3 Å². The summed E-state index contributed by atoms with van der Waals surface area (Å²) in [6.07, 6.45) is 2.95. The average molecular weight is 393 g/mol. The second-order valence-electron chi connectivity index (χ2n) is 9.41. The van der Waals surface area contributed by atoms with E-state index in [4.69, 9.17) is 4.74 Å². The number of carbonyl (C=O) groups excluding carboxylic acids is 2. The van der Waals surface area contributed by atoms with Gasteiger partial charge in [0.2, 0.25) is 0 Å². The van der Waals surface area contributed by atoms with E-state index in [9.17, 15) is 9.59 Å². The number of nitrogens with zero attached hydrogens (tertiary/aromatic N) is 3. The molecule has 1 aromatic rings. The van der Waals surface area contributed by atoms with Crippen LogP contribution in [0.3, 0.4) is 0 Å². The first-order chi connectivity index (χ1) is 13.0. The van der Waals surface area contributed by atoms with Crippen molar-refractivity contribution in [3.05, 3.63) is 17.5 Å². The van der Waals surface area contributed by atoms with E-state index in [1.54, 1.807) is 6.20 Å². The molecule has 1 aromatic heterocycles. The van der Waals surface area contributed by atoms with Gasteiger partial charge in [-0.25, -0.2) is 4.79 Å². The molecule has 2 rings (SSSR count). The van der Waals surface area contributed by atoms with Gasteiger partial charge in [-0.3, -0.25) is 9.48 Å². The second kappa shape index (κ2) is 8.97. The van der Waals surface area contributed by atoms with Crippen molar-refractivity contribution in [2.45, 2.75) is 79.5 Å². The van der Waals surface area contributed by atoms with E-state index < -0.39 is 11.7 Å². The Labute approximate surface area is 168 Å². The standard InChI is InChI=1S/C21H36N4O3/c1-14(2)13-24(15(3)4)19(26)17-12-23-25-9-8-16(10-18(17)25)11-22-20(27)28-21(5,6)7/h12,14-16H,8-11,13H2,1-7H3,(H,22,27). The number of hydrogen-bond acceptors (Lipinski definition) is 4. The Morgan fingerprint density at radius 3 is 2.57 bits per heavy atom. The van der Waals surface area contributed by atoms with Gasteiger partial charge < -0.3 is 15.0 Å². The minimum atomic E-state index is -0.508. The van der Waals surface area contributed by atoms with Crippen LogP contribution in [0.4, 0.5) is 4.79 Å². The van der Waals surface area contributed by atoms with E-state index in [0.717, 1.165) is 31.6 Å². The first-order valence-electron chi connectivity index (χ1n) is 10.3. The van der Waals surface area contributed by atoms with Gasteiger partial charge in [0.25, 0.3) is 5.91 Å². The first-order valence-corrected chi connectivity index (χ1v) is 10.3. The molecule has 0 spiro atoms. The number of hydrogen-bond donors (Lipinski definition) is 1. The zero-order chi connectivity index (χ0) is 21.1. The Morgan fingerprint density at radius 1 is 1.32 bits per heavy atom. The van der Waals surface area contributed by atoms with Crippen molar-refractivity contribution in [3.8, 4) is 0 Å². The number of fused-ring (bicyclic) bond motifs is 1. The van der Waals surface area contributed by atoms with Crippen LogP contribution in [0.1, 0.15) is 70.9 Å². The summed E-state index contributed by atoms with van der Waals surface area (Å²) < 4.78 is 7.25. The molecule has 1 atom stereocenters. The summed E-state index contributed by atoms with van der Waals surface area (Å²) in [6, 6.07) is 0.138. The van der Waals surface area contributed by atoms with E-state index in [-0.39, 0.29) is 17.9 Å². The molecule has 7 heteroatoms. The lowest BCUT2D eigenvalue weighted by molar-refractivity contribution is 0.0515. The zero-order valence-electron chi connectivity index (χ0n) is 18.4. The molecule has 1 aliphatic rings.